The molecule has 4 rings (SSSR count). The Morgan fingerprint density at radius 2 is 2.08 bits per heavy atom. The van der Waals surface area contributed by atoms with E-state index in [1.807, 2.05) is 36.4 Å². The van der Waals surface area contributed by atoms with E-state index >= 15 is 0 Å². The lowest BCUT2D eigenvalue weighted by Gasteiger charge is -2.11. The van der Waals surface area contributed by atoms with Crippen molar-refractivity contribution in [2.24, 2.45) is 0 Å². The molecule has 0 spiro atoms. The number of H-pyrrole nitrogens is 1. The number of cyclic esters (lactones) is 1. The van der Waals surface area contributed by atoms with Gasteiger partial charge < -0.3 is 19.5 Å². The third kappa shape index (κ3) is 3.15. The number of nitrogens with zero attached hydrogens (tertiary/aromatic N) is 1. The van der Waals surface area contributed by atoms with E-state index in [0.29, 0.717) is 25.3 Å². The van der Waals surface area contributed by atoms with Gasteiger partial charge >= 0.3 is 6.09 Å². The number of alkyl carbamates (subject to hydrolysis) is 1. The van der Waals surface area contributed by atoms with Crippen molar-refractivity contribution in [1.82, 2.24) is 15.5 Å². The van der Waals surface area contributed by atoms with Crippen molar-refractivity contribution in [1.29, 1.82) is 0 Å². The molecular weight excluding hydrogens is 334 g/mol. The van der Waals surface area contributed by atoms with Crippen LogP contribution in [-0.2, 0) is 11.3 Å². The molecule has 0 radical (unpaired) electrons. The Hall–Kier alpha value is -3.22. The molecule has 2 N–H and O–H groups in total. The zero-order chi connectivity index (χ0) is 17.9. The summed E-state index contributed by atoms with van der Waals surface area (Å²) in [5, 5.41) is 11.2. The maximum absolute atomic E-state index is 11.8. The fourth-order valence-electron chi connectivity index (χ4n) is 2.99. The highest BCUT2D eigenvalue weighted by atomic mass is 16.5. The van der Waals surface area contributed by atoms with Crippen LogP contribution in [0.2, 0.25) is 0 Å². The molecule has 1 aromatic heterocycles. The lowest BCUT2D eigenvalue weighted by molar-refractivity contribution is 0.138. The summed E-state index contributed by atoms with van der Waals surface area (Å²) in [5.41, 5.74) is 3.43. The summed E-state index contributed by atoms with van der Waals surface area (Å²) < 4.78 is 16.5. The third-order valence-electron chi connectivity index (χ3n) is 4.31. The van der Waals surface area contributed by atoms with E-state index in [4.69, 9.17) is 14.2 Å². The minimum atomic E-state index is -0.463. The maximum Gasteiger partial charge on any atom is 0.407 e. The average Bonchev–Trinajstić information content (AvgIpc) is 3.08. The van der Waals surface area contributed by atoms with Crippen LogP contribution in [0.4, 0.5) is 4.79 Å². The van der Waals surface area contributed by atoms with Gasteiger partial charge in [0, 0.05) is 23.1 Å². The van der Waals surface area contributed by atoms with Gasteiger partial charge in [-0.15, -0.1) is 0 Å². The largest absolute Gasteiger partial charge is 0.496 e. The van der Waals surface area contributed by atoms with Crippen LogP contribution in [-0.4, -0.2) is 36.6 Å². The van der Waals surface area contributed by atoms with Crippen molar-refractivity contribution in [2.75, 3.05) is 20.3 Å². The molecule has 1 aliphatic heterocycles. The molecule has 3 aromatic rings. The van der Waals surface area contributed by atoms with Gasteiger partial charge in [0.25, 0.3) is 0 Å². The van der Waals surface area contributed by atoms with Gasteiger partial charge in [-0.1, -0.05) is 0 Å². The standard InChI is InChI=1S/C19H19N3O4/c1-24-17-6-3-12-9-13(17)11-26-19(23)20-7-2-8-25-14-4-5-16-15(10-14)18(12)22-21-16/h3-6,9-10H,2,7-8,11H2,1H3,(H,20,23)(H,21,22). The van der Waals surface area contributed by atoms with Crippen molar-refractivity contribution < 1.29 is 19.0 Å². The van der Waals surface area contributed by atoms with Crippen LogP contribution in [0, 0.1) is 0 Å². The summed E-state index contributed by atoms with van der Waals surface area (Å²) in [7, 11) is 1.59. The topological polar surface area (TPSA) is 85.5 Å². The SMILES string of the molecule is COc1ccc2cc1COC(=O)NCCCOc1ccc3[nH]nc-2c3c1. The number of aromatic nitrogens is 2. The van der Waals surface area contributed by atoms with Gasteiger partial charge in [0.1, 0.15) is 23.8 Å². The van der Waals surface area contributed by atoms with E-state index < -0.39 is 6.09 Å². The first-order chi connectivity index (χ1) is 12.7. The summed E-state index contributed by atoms with van der Waals surface area (Å²) in [6, 6.07) is 11.5. The van der Waals surface area contributed by atoms with Gasteiger partial charge in [0.05, 0.1) is 19.2 Å². The summed E-state index contributed by atoms with van der Waals surface area (Å²) in [4.78, 5) is 11.8. The Balaban J connectivity index is 1.81. The highest BCUT2D eigenvalue weighted by molar-refractivity contribution is 5.94. The minimum absolute atomic E-state index is 0.118. The average molecular weight is 353 g/mol. The van der Waals surface area contributed by atoms with E-state index in [9.17, 15) is 4.79 Å². The molecule has 134 valence electrons. The molecule has 2 aromatic carbocycles. The number of rotatable bonds is 1. The second kappa shape index (κ2) is 6.95. The molecule has 0 saturated carbocycles. The van der Waals surface area contributed by atoms with Crippen LogP contribution in [0.3, 0.4) is 0 Å². The Morgan fingerprint density at radius 1 is 1.15 bits per heavy atom. The van der Waals surface area contributed by atoms with Crippen LogP contribution in [0.1, 0.15) is 12.0 Å². The van der Waals surface area contributed by atoms with Crippen LogP contribution in [0.15, 0.2) is 36.4 Å². The van der Waals surface area contributed by atoms with Crippen molar-refractivity contribution >= 4 is 17.0 Å². The van der Waals surface area contributed by atoms with Gasteiger partial charge in [-0.3, -0.25) is 5.10 Å². The monoisotopic (exact) mass is 353 g/mol. The van der Waals surface area contributed by atoms with Gasteiger partial charge in [0.15, 0.2) is 0 Å². The Labute approximate surface area is 150 Å². The number of hydrogen-bond acceptors (Lipinski definition) is 5. The molecule has 1 amide bonds. The summed E-state index contributed by atoms with van der Waals surface area (Å²) in [5.74, 6) is 1.43. The molecule has 7 nitrogen and oxygen atoms in total. The summed E-state index contributed by atoms with van der Waals surface area (Å²) in [6.45, 7) is 1.10. The molecule has 4 bridgehead atoms. The second-order valence-electron chi connectivity index (χ2n) is 6.01. The smallest absolute Gasteiger partial charge is 0.407 e. The minimum Gasteiger partial charge on any atom is -0.496 e. The molecule has 26 heavy (non-hydrogen) atoms. The zero-order valence-electron chi connectivity index (χ0n) is 14.4. The highest BCUT2D eigenvalue weighted by Crippen LogP contribution is 2.32. The number of ether oxygens (including phenoxy) is 3. The number of carbonyl (C=O) groups is 1. The van der Waals surface area contributed by atoms with Crippen molar-refractivity contribution in [3.63, 3.8) is 0 Å². The quantitative estimate of drug-likeness (QED) is 0.701. The van der Waals surface area contributed by atoms with Gasteiger partial charge in [0.2, 0.25) is 0 Å². The number of aromatic amines is 1. The summed E-state index contributed by atoms with van der Waals surface area (Å²) in [6.07, 6.45) is 0.220. The lowest BCUT2D eigenvalue weighted by Crippen LogP contribution is -2.26. The molecule has 0 saturated heterocycles. The van der Waals surface area contributed by atoms with E-state index in [-0.39, 0.29) is 6.61 Å². The molecular formula is C19H19N3O4. The molecule has 2 heterocycles. The fraction of sp³-hybridized carbons (Fsp3) is 0.263. The first-order valence-electron chi connectivity index (χ1n) is 8.43. The number of hydrogen-bond donors (Lipinski definition) is 2. The van der Waals surface area contributed by atoms with E-state index in [1.54, 1.807) is 7.11 Å². The molecule has 7 heteroatoms. The van der Waals surface area contributed by atoms with E-state index in [1.165, 1.54) is 0 Å². The van der Waals surface area contributed by atoms with Crippen molar-refractivity contribution in [3.05, 3.63) is 42.0 Å². The molecule has 0 aliphatic carbocycles. The third-order valence-corrected chi connectivity index (χ3v) is 4.31. The first kappa shape index (κ1) is 16.3. The zero-order valence-corrected chi connectivity index (χ0v) is 14.4. The Bertz CT molecular complexity index is 951. The van der Waals surface area contributed by atoms with Crippen LogP contribution >= 0.6 is 0 Å². The van der Waals surface area contributed by atoms with Crippen LogP contribution in [0.5, 0.6) is 11.5 Å². The Kier molecular flexibility index (Phi) is 4.35. The number of nitrogens with one attached hydrogen (secondary N) is 2. The van der Waals surface area contributed by atoms with E-state index in [0.717, 1.165) is 33.5 Å². The number of fused-ring (bicyclic) bond motifs is 4. The lowest BCUT2D eigenvalue weighted by atomic mass is 10.0. The van der Waals surface area contributed by atoms with Gasteiger partial charge in [-0.25, -0.2) is 4.79 Å². The molecule has 0 unspecified atom stereocenters. The van der Waals surface area contributed by atoms with Gasteiger partial charge in [-0.05, 0) is 42.8 Å². The van der Waals surface area contributed by atoms with Crippen molar-refractivity contribution in [3.8, 4) is 22.8 Å². The van der Waals surface area contributed by atoms with E-state index in [2.05, 4.69) is 15.5 Å². The molecule has 0 fully saturated rings. The maximum atomic E-state index is 11.8. The van der Waals surface area contributed by atoms with Crippen LogP contribution < -0.4 is 14.8 Å². The van der Waals surface area contributed by atoms with Gasteiger partial charge in [-0.2, -0.15) is 5.10 Å². The van der Waals surface area contributed by atoms with Crippen LogP contribution in [0.25, 0.3) is 22.2 Å². The number of methoxy groups -OCH3 is 1. The van der Waals surface area contributed by atoms with Crippen molar-refractivity contribution in [2.45, 2.75) is 13.0 Å². The Morgan fingerprint density at radius 3 is 2.96 bits per heavy atom. The fourth-order valence-corrected chi connectivity index (χ4v) is 2.99. The number of carbonyl (C=O) groups excluding carboxylic acids is 1. The predicted octanol–water partition coefficient (Wildman–Crippen LogP) is 3.25. The summed E-state index contributed by atoms with van der Waals surface area (Å²) >= 11 is 0. The molecule has 1 aliphatic rings. The normalized spacial score (nSPS) is 14.7. The first-order valence-corrected chi connectivity index (χ1v) is 8.43. The molecule has 0 atom stereocenters. The number of amides is 1. The highest BCUT2D eigenvalue weighted by Gasteiger charge is 2.14. The second-order valence-corrected chi connectivity index (χ2v) is 6.01. The number of benzene rings is 2. The predicted molar refractivity (Wildman–Crippen MR) is 96.4 cm³/mol.